The van der Waals surface area contributed by atoms with Crippen LogP contribution in [0.1, 0.15) is 16.8 Å². The summed E-state index contributed by atoms with van der Waals surface area (Å²) in [6, 6.07) is 6.12. The molecule has 4 rings (SSSR count). The molecule has 0 aliphatic carbocycles. The molecule has 3 heterocycles. The highest BCUT2D eigenvalue weighted by Crippen LogP contribution is 2.28. The highest BCUT2D eigenvalue weighted by atomic mass is 79.9. The van der Waals surface area contributed by atoms with Gasteiger partial charge in [-0.2, -0.15) is 0 Å². The van der Waals surface area contributed by atoms with Crippen LogP contribution in [0.15, 0.2) is 33.7 Å². The van der Waals surface area contributed by atoms with Crippen LogP contribution in [0, 0.1) is 0 Å². The number of rotatable bonds is 2. The number of anilines is 1. The van der Waals surface area contributed by atoms with E-state index in [1.54, 1.807) is 0 Å². The lowest BCUT2D eigenvalue weighted by Gasteiger charge is -2.27. The van der Waals surface area contributed by atoms with Crippen LogP contribution in [0.2, 0.25) is 0 Å². The van der Waals surface area contributed by atoms with E-state index in [4.69, 9.17) is 5.73 Å². The number of nitrogens with zero attached hydrogens (tertiary/aromatic N) is 2. The third-order valence-electron chi connectivity index (χ3n) is 4.30. The van der Waals surface area contributed by atoms with Crippen LogP contribution < -0.4 is 11.3 Å². The number of fused-ring (bicyclic) bond motifs is 2. The molecule has 0 saturated heterocycles. The minimum atomic E-state index is -0.127. The number of aromatic amines is 2. The zero-order valence-electron chi connectivity index (χ0n) is 12.4. The fourth-order valence-corrected chi connectivity index (χ4v) is 3.83. The Balaban J connectivity index is 1.64. The quantitative estimate of drug-likeness (QED) is 0.641. The van der Waals surface area contributed by atoms with E-state index in [1.807, 2.05) is 18.3 Å². The fraction of sp³-hybridized carbons (Fsp3) is 0.250. The maximum Gasteiger partial charge on any atom is 0.257 e. The monoisotopic (exact) mass is 373 g/mol. The predicted molar refractivity (Wildman–Crippen MR) is 93.1 cm³/mol. The number of nitrogen functional groups attached to an aromatic ring is 1. The van der Waals surface area contributed by atoms with E-state index in [9.17, 15) is 4.79 Å². The fourth-order valence-electron chi connectivity index (χ4n) is 3.21. The summed E-state index contributed by atoms with van der Waals surface area (Å²) in [6.07, 6.45) is 2.78. The molecule has 3 aromatic rings. The summed E-state index contributed by atoms with van der Waals surface area (Å²) < 4.78 is 1.08. The standard InChI is InChI=1S/C16H16BrN5O/c17-11-2-1-3-13-14(11)9(6-19-13)7-22-5-4-12-10(8-22)15(23)21-16(18)20-12/h1-3,6,19H,4-5,7-8H2,(H3,18,20,21,23). The summed E-state index contributed by atoms with van der Waals surface area (Å²) >= 11 is 3.62. The van der Waals surface area contributed by atoms with Gasteiger partial charge in [0.05, 0.1) is 11.3 Å². The Kier molecular flexibility index (Phi) is 3.46. The largest absolute Gasteiger partial charge is 0.369 e. The van der Waals surface area contributed by atoms with E-state index in [0.717, 1.165) is 40.8 Å². The van der Waals surface area contributed by atoms with Crippen molar-refractivity contribution in [2.45, 2.75) is 19.5 Å². The van der Waals surface area contributed by atoms with Gasteiger partial charge in [-0.15, -0.1) is 0 Å². The topological polar surface area (TPSA) is 90.8 Å². The van der Waals surface area contributed by atoms with Crippen molar-refractivity contribution in [3.05, 3.63) is 56.0 Å². The zero-order valence-corrected chi connectivity index (χ0v) is 14.0. The average molecular weight is 374 g/mol. The number of nitrogens with two attached hydrogens (primary N) is 1. The van der Waals surface area contributed by atoms with Gasteiger partial charge in [-0.3, -0.25) is 14.7 Å². The molecule has 1 aromatic carbocycles. The molecular weight excluding hydrogens is 358 g/mol. The van der Waals surface area contributed by atoms with Crippen LogP contribution in [0.5, 0.6) is 0 Å². The lowest BCUT2D eigenvalue weighted by atomic mass is 10.1. The highest BCUT2D eigenvalue weighted by molar-refractivity contribution is 9.10. The van der Waals surface area contributed by atoms with Crippen molar-refractivity contribution in [2.75, 3.05) is 12.3 Å². The van der Waals surface area contributed by atoms with Crippen LogP contribution in [0.25, 0.3) is 10.9 Å². The third kappa shape index (κ3) is 2.55. The summed E-state index contributed by atoms with van der Waals surface area (Å²) in [5.41, 5.74) is 9.37. The van der Waals surface area contributed by atoms with E-state index >= 15 is 0 Å². The Morgan fingerprint density at radius 3 is 3.13 bits per heavy atom. The van der Waals surface area contributed by atoms with Gasteiger partial charge >= 0.3 is 0 Å². The molecule has 2 aromatic heterocycles. The van der Waals surface area contributed by atoms with Crippen molar-refractivity contribution in [1.29, 1.82) is 0 Å². The molecular formula is C16H16BrN5O. The van der Waals surface area contributed by atoms with E-state index in [0.29, 0.717) is 6.54 Å². The third-order valence-corrected chi connectivity index (χ3v) is 4.96. The van der Waals surface area contributed by atoms with E-state index in [1.165, 1.54) is 10.9 Å². The van der Waals surface area contributed by atoms with E-state index in [2.05, 4.69) is 41.8 Å². The summed E-state index contributed by atoms with van der Waals surface area (Å²) in [6.45, 7) is 2.24. The second-order valence-electron chi connectivity index (χ2n) is 5.81. The van der Waals surface area contributed by atoms with Gasteiger partial charge in [0.15, 0.2) is 0 Å². The number of benzene rings is 1. The van der Waals surface area contributed by atoms with Crippen molar-refractivity contribution in [3.63, 3.8) is 0 Å². The van der Waals surface area contributed by atoms with Gasteiger partial charge in [0.2, 0.25) is 5.95 Å². The summed E-state index contributed by atoms with van der Waals surface area (Å²) in [7, 11) is 0. The smallest absolute Gasteiger partial charge is 0.257 e. The second-order valence-corrected chi connectivity index (χ2v) is 6.67. The maximum absolute atomic E-state index is 12.1. The number of aromatic nitrogens is 3. The second kappa shape index (κ2) is 5.50. The number of H-pyrrole nitrogens is 2. The van der Waals surface area contributed by atoms with Crippen LogP contribution in [-0.4, -0.2) is 26.4 Å². The molecule has 1 aliphatic rings. The number of hydrogen-bond acceptors (Lipinski definition) is 4. The minimum Gasteiger partial charge on any atom is -0.369 e. The first-order valence-electron chi connectivity index (χ1n) is 7.46. The molecule has 118 valence electrons. The minimum absolute atomic E-state index is 0.127. The highest BCUT2D eigenvalue weighted by Gasteiger charge is 2.21. The first kappa shape index (κ1) is 14.5. The molecule has 0 spiro atoms. The van der Waals surface area contributed by atoms with Gasteiger partial charge in [-0.25, -0.2) is 4.98 Å². The van der Waals surface area contributed by atoms with Crippen LogP contribution in [0.4, 0.5) is 5.95 Å². The van der Waals surface area contributed by atoms with E-state index in [-0.39, 0.29) is 11.5 Å². The number of halogens is 1. The molecule has 1 aliphatic heterocycles. The Bertz CT molecular complexity index is 945. The zero-order chi connectivity index (χ0) is 16.0. The van der Waals surface area contributed by atoms with Gasteiger partial charge < -0.3 is 10.7 Å². The lowest BCUT2D eigenvalue weighted by molar-refractivity contribution is 0.242. The predicted octanol–water partition coefficient (Wildman–Crippen LogP) is 2.15. The van der Waals surface area contributed by atoms with Gasteiger partial charge in [0.1, 0.15) is 0 Å². The molecule has 0 fully saturated rings. The van der Waals surface area contributed by atoms with Crippen molar-refractivity contribution in [1.82, 2.24) is 19.9 Å². The summed E-state index contributed by atoms with van der Waals surface area (Å²) in [5.74, 6) is 0.197. The van der Waals surface area contributed by atoms with Crippen LogP contribution >= 0.6 is 15.9 Å². The lowest BCUT2D eigenvalue weighted by Crippen LogP contribution is -2.35. The Morgan fingerprint density at radius 1 is 1.39 bits per heavy atom. The van der Waals surface area contributed by atoms with Crippen molar-refractivity contribution >= 4 is 32.8 Å². The molecule has 0 unspecified atom stereocenters. The molecule has 7 heteroatoms. The molecule has 0 saturated carbocycles. The summed E-state index contributed by atoms with van der Waals surface area (Å²) in [4.78, 5) is 24.5. The first-order chi connectivity index (χ1) is 11.1. The van der Waals surface area contributed by atoms with Gasteiger partial charge in [-0.05, 0) is 17.7 Å². The Labute approximate surface area is 140 Å². The maximum atomic E-state index is 12.1. The van der Waals surface area contributed by atoms with Crippen molar-refractivity contribution in [2.24, 2.45) is 0 Å². The summed E-state index contributed by atoms with van der Waals surface area (Å²) in [5, 5.41) is 1.20. The SMILES string of the molecule is Nc1nc2c(c(=O)[nH]1)CN(Cc1c[nH]c3cccc(Br)c13)CC2. The number of hydrogen-bond donors (Lipinski definition) is 3. The number of nitrogens with one attached hydrogen (secondary N) is 2. The molecule has 0 atom stereocenters. The average Bonchev–Trinajstić information content (AvgIpc) is 2.92. The van der Waals surface area contributed by atoms with Gasteiger partial charge in [-0.1, -0.05) is 22.0 Å². The molecule has 0 radical (unpaired) electrons. The van der Waals surface area contributed by atoms with E-state index < -0.39 is 0 Å². The van der Waals surface area contributed by atoms with Crippen molar-refractivity contribution < 1.29 is 0 Å². The molecule has 0 bridgehead atoms. The molecule has 0 amide bonds. The Hall–Kier alpha value is -2.12. The van der Waals surface area contributed by atoms with Gasteiger partial charge in [0.25, 0.3) is 5.56 Å². The normalized spacial score (nSPS) is 15.0. The van der Waals surface area contributed by atoms with Crippen LogP contribution in [-0.2, 0) is 19.5 Å². The van der Waals surface area contributed by atoms with Crippen LogP contribution in [0.3, 0.4) is 0 Å². The first-order valence-corrected chi connectivity index (χ1v) is 8.25. The molecule has 6 nitrogen and oxygen atoms in total. The van der Waals surface area contributed by atoms with Crippen molar-refractivity contribution in [3.8, 4) is 0 Å². The van der Waals surface area contributed by atoms with Gasteiger partial charge in [0, 0.05) is 47.6 Å². The molecule has 4 N–H and O–H groups in total. The Morgan fingerprint density at radius 2 is 2.26 bits per heavy atom. The molecule has 23 heavy (non-hydrogen) atoms.